The van der Waals surface area contributed by atoms with Crippen LogP contribution in [-0.2, 0) is 29.0 Å². The second-order valence-electron chi connectivity index (χ2n) is 9.44. The van der Waals surface area contributed by atoms with Gasteiger partial charge < -0.3 is 10.1 Å². The van der Waals surface area contributed by atoms with E-state index in [1.165, 1.54) is 31.4 Å². The number of hydrogen-bond acceptors (Lipinski definition) is 4. The van der Waals surface area contributed by atoms with E-state index in [0.717, 1.165) is 23.3 Å². The Morgan fingerprint density at radius 1 is 0.875 bits per heavy atom. The van der Waals surface area contributed by atoms with Crippen molar-refractivity contribution < 1.29 is 31.1 Å². The maximum atomic E-state index is 13.4. The van der Waals surface area contributed by atoms with Crippen LogP contribution < -0.4 is 14.8 Å². The molecule has 1 unspecified atom stereocenters. The third-order valence-electron chi connectivity index (χ3n) is 6.76. The number of rotatable bonds is 7. The van der Waals surface area contributed by atoms with Crippen molar-refractivity contribution in [3.8, 4) is 16.9 Å². The van der Waals surface area contributed by atoms with Crippen LogP contribution in [0.15, 0.2) is 95.9 Å². The van der Waals surface area contributed by atoms with Gasteiger partial charge in [-0.15, -0.1) is 0 Å². The molecule has 0 fully saturated rings. The Kier molecular flexibility index (Phi) is 7.39. The van der Waals surface area contributed by atoms with Gasteiger partial charge in [0.05, 0.1) is 23.1 Å². The number of anilines is 1. The van der Waals surface area contributed by atoms with E-state index in [4.69, 9.17) is 4.74 Å². The average molecular weight is 567 g/mol. The lowest BCUT2D eigenvalue weighted by molar-refractivity contribution is -0.137. The molecule has 10 heteroatoms. The predicted molar refractivity (Wildman–Crippen MR) is 146 cm³/mol. The number of nitrogens with one attached hydrogen (secondary N) is 2. The Hall–Kier alpha value is -4.15. The zero-order valence-corrected chi connectivity index (χ0v) is 22.1. The van der Waals surface area contributed by atoms with Crippen LogP contribution in [0.3, 0.4) is 0 Å². The van der Waals surface area contributed by atoms with Crippen molar-refractivity contribution >= 4 is 21.6 Å². The summed E-state index contributed by atoms with van der Waals surface area (Å²) in [7, 11) is -2.25. The molecule has 206 valence electrons. The van der Waals surface area contributed by atoms with Gasteiger partial charge in [0, 0.05) is 17.3 Å². The number of amides is 1. The van der Waals surface area contributed by atoms with Crippen molar-refractivity contribution in [3.63, 3.8) is 0 Å². The minimum atomic E-state index is -4.48. The summed E-state index contributed by atoms with van der Waals surface area (Å²) in [6.07, 6.45) is -3.50. The lowest BCUT2D eigenvalue weighted by Gasteiger charge is -2.15. The topological polar surface area (TPSA) is 84.5 Å². The zero-order valence-electron chi connectivity index (χ0n) is 21.3. The fourth-order valence-corrected chi connectivity index (χ4v) is 6.14. The van der Waals surface area contributed by atoms with Gasteiger partial charge in [0.15, 0.2) is 0 Å². The van der Waals surface area contributed by atoms with Gasteiger partial charge in [0.25, 0.3) is 5.91 Å². The number of halogens is 3. The molecule has 0 saturated heterocycles. The summed E-state index contributed by atoms with van der Waals surface area (Å²) in [5.41, 5.74) is 2.60. The predicted octanol–water partition coefficient (Wildman–Crippen LogP) is 6.08. The van der Waals surface area contributed by atoms with Gasteiger partial charge in [0.2, 0.25) is 10.0 Å². The third kappa shape index (κ3) is 5.73. The second kappa shape index (κ2) is 10.8. The summed E-state index contributed by atoms with van der Waals surface area (Å²) in [5, 5.41) is 2.86. The molecular weight excluding hydrogens is 541 g/mol. The molecule has 0 spiro atoms. The first kappa shape index (κ1) is 27.4. The summed E-state index contributed by atoms with van der Waals surface area (Å²) >= 11 is 0. The van der Waals surface area contributed by atoms with E-state index >= 15 is 0 Å². The van der Waals surface area contributed by atoms with E-state index in [-0.39, 0.29) is 16.5 Å². The van der Waals surface area contributed by atoms with Crippen molar-refractivity contribution in [1.82, 2.24) is 4.72 Å². The molecule has 0 saturated carbocycles. The quantitative estimate of drug-likeness (QED) is 0.284. The van der Waals surface area contributed by atoms with Crippen LogP contribution in [-0.4, -0.2) is 27.5 Å². The molecule has 1 amide bonds. The average Bonchev–Trinajstić information content (AvgIpc) is 3.33. The Bertz CT molecular complexity index is 1660. The Morgan fingerprint density at radius 3 is 2.25 bits per heavy atom. The lowest BCUT2D eigenvalue weighted by atomic mass is 9.96. The number of benzene rings is 4. The highest BCUT2D eigenvalue weighted by Crippen LogP contribution is 2.37. The number of carbonyl (C=O) groups excluding carboxylic acids is 1. The Balaban J connectivity index is 1.35. The third-order valence-corrected chi connectivity index (χ3v) is 8.30. The Morgan fingerprint density at radius 2 is 1.57 bits per heavy atom. The number of hydrogen-bond donors (Lipinski definition) is 2. The summed E-state index contributed by atoms with van der Waals surface area (Å²) < 4.78 is 72.9. The first-order valence-electron chi connectivity index (χ1n) is 12.4. The molecular formula is C30H25F3N2O4S. The number of methoxy groups -OCH3 is 1. The van der Waals surface area contributed by atoms with Crippen LogP contribution in [0.4, 0.5) is 18.9 Å². The highest BCUT2D eigenvalue weighted by Gasteiger charge is 2.31. The largest absolute Gasteiger partial charge is 0.496 e. The second-order valence-corrected chi connectivity index (χ2v) is 11.1. The minimum Gasteiger partial charge on any atom is -0.496 e. The van der Waals surface area contributed by atoms with Gasteiger partial charge in [-0.2, -0.15) is 13.2 Å². The van der Waals surface area contributed by atoms with E-state index in [2.05, 4.69) is 10.0 Å². The molecule has 5 rings (SSSR count). The number of fused-ring (bicyclic) bond motifs is 1. The van der Waals surface area contributed by atoms with Crippen molar-refractivity contribution in [2.24, 2.45) is 0 Å². The van der Waals surface area contributed by atoms with Crippen molar-refractivity contribution in [1.29, 1.82) is 0 Å². The van der Waals surface area contributed by atoms with Gasteiger partial charge >= 0.3 is 6.18 Å². The molecule has 2 N–H and O–H groups in total. The molecule has 1 atom stereocenters. The van der Waals surface area contributed by atoms with E-state index in [0.29, 0.717) is 35.4 Å². The van der Waals surface area contributed by atoms with Crippen molar-refractivity contribution in [3.05, 3.63) is 113 Å². The normalized spacial score (nSPS) is 14.9. The monoisotopic (exact) mass is 566 g/mol. The summed E-state index contributed by atoms with van der Waals surface area (Å²) in [5.74, 6) is -0.122. The van der Waals surface area contributed by atoms with Crippen LogP contribution in [0.2, 0.25) is 0 Å². The molecule has 4 aromatic carbocycles. The van der Waals surface area contributed by atoms with Gasteiger partial charge in [-0.1, -0.05) is 42.5 Å². The van der Waals surface area contributed by atoms with E-state index in [1.54, 1.807) is 42.5 Å². The van der Waals surface area contributed by atoms with Crippen LogP contribution in [0.1, 0.15) is 27.0 Å². The van der Waals surface area contributed by atoms with Crippen molar-refractivity contribution in [2.45, 2.75) is 30.0 Å². The highest BCUT2D eigenvalue weighted by atomic mass is 32.2. The molecule has 0 radical (unpaired) electrons. The van der Waals surface area contributed by atoms with Crippen LogP contribution in [0.5, 0.6) is 5.75 Å². The first-order chi connectivity index (χ1) is 19.0. The summed E-state index contributed by atoms with van der Waals surface area (Å²) in [6, 6.07) is 22.6. The maximum absolute atomic E-state index is 13.4. The fraction of sp³-hybridized carbons (Fsp3) is 0.167. The number of sulfonamides is 1. The zero-order chi connectivity index (χ0) is 28.5. The number of alkyl halides is 3. The maximum Gasteiger partial charge on any atom is 0.416 e. The standard InChI is InChI=1S/C30H25F3N2O4S/c1-39-27-9-5-8-26(28(27)19-10-13-22(14-11-19)30(31,32)33)29(36)34-23-15-12-20-16-24(18-21(20)17-23)35-40(37,38)25-6-3-2-4-7-25/h2-15,17,24,35H,16,18H2,1H3,(H,34,36). The number of ether oxygens (including phenoxy) is 1. The Labute approximate surface area is 229 Å². The fourth-order valence-electron chi connectivity index (χ4n) is 4.88. The molecule has 6 nitrogen and oxygen atoms in total. The van der Waals surface area contributed by atoms with Gasteiger partial charge in [-0.05, 0) is 78.1 Å². The lowest BCUT2D eigenvalue weighted by Crippen LogP contribution is -2.35. The molecule has 0 aromatic heterocycles. The molecule has 4 aromatic rings. The molecule has 0 bridgehead atoms. The molecule has 0 heterocycles. The summed E-state index contributed by atoms with van der Waals surface area (Å²) in [6.45, 7) is 0. The minimum absolute atomic E-state index is 0.195. The molecule has 40 heavy (non-hydrogen) atoms. The van der Waals surface area contributed by atoms with E-state index < -0.39 is 27.7 Å². The van der Waals surface area contributed by atoms with Crippen LogP contribution in [0, 0.1) is 0 Å². The number of carbonyl (C=O) groups is 1. The summed E-state index contributed by atoms with van der Waals surface area (Å²) in [4.78, 5) is 13.6. The van der Waals surface area contributed by atoms with Gasteiger partial charge in [0.1, 0.15) is 5.75 Å². The SMILES string of the molecule is COc1cccc(C(=O)Nc2ccc3c(c2)CC(NS(=O)(=O)c2ccccc2)C3)c1-c1ccc(C(F)(F)F)cc1. The van der Waals surface area contributed by atoms with E-state index in [1.807, 2.05) is 12.1 Å². The van der Waals surface area contributed by atoms with Crippen molar-refractivity contribution in [2.75, 3.05) is 12.4 Å². The molecule has 0 aliphatic heterocycles. The molecule has 1 aliphatic rings. The highest BCUT2D eigenvalue weighted by molar-refractivity contribution is 7.89. The van der Waals surface area contributed by atoms with Gasteiger partial charge in [-0.25, -0.2) is 13.1 Å². The van der Waals surface area contributed by atoms with E-state index in [9.17, 15) is 26.4 Å². The molecule has 1 aliphatic carbocycles. The van der Waals surface area contributed by atoms with Crippen LogP contribution >= 0.6 is 0 Å². The smallest absolute Gasteiger partial charge is 0.416 e. The van der Waals surface area contributed by atoms with Crippen LogP contribution in [0.25, 0.3) is 11.1 Å². The van der Waals surface area contributed by atoms with Gasteiger partial charge in [-0.3, -0.25) is 4.79 Å². The first-order valence-corrected chi connectivity index (χ1v) is 13.9.